The molecule has 3 aromatic rings. The minimum absolute atomic E-state index is 0.0964. The monoisotopic (exact) mass is 382 g/mol. The lowest BCUT2D eigenvalue weighted by atomic mass is 10.1. The average Bonchev–Trinajstić information content (AvgIpc) is 2.73. The van der Waals surface area contributed by atoms with Crippen molar-refractivity contribution in [2.45, 2.75) is 13.0 Å². The van der Waals surface area contributed by atoms with Gasteiger partial charge >= 0.3 is 0 Å². The maximum atomic E-state index is 12.4. The average molecular weight is 382 g/mol. The highest BCUT2D eigenvalue weighted by Gasteiger charge is 2.15. The number of H-pyrrole nitrogens is 1. The zero-order valence-corrected chi connectivity index (χ0v) is 15.6. The lowest BCUT2D eigenvalue weighted by molar-refractivity contribution is -0.101. The van der Waals surface area contributed by atoms with Crippen LogP contribution in [0.5, 0.6) is 11.8 Å². The van der Waals surface area contributed by atoms with E-state index in [0.29, 0.717) is 55.7 Å². The maximum absolute atomic E-state index is 12.4. The summed E-state index contributed by atoms with van der Waals surface area (Å²) in [7, 11) is 0. The minimum atomic E-state index is -0.130. The Bertz CT molecular complexity index is 994. The van der Waals surface area contributed by atoms with Crippen molar-refractivity contribution in [2.75, 3.05) is 33.0 Å². The molecule has 0 amide bonds. The Balaban J connectivity index is 1.57. The Morgan fingerprint density at radius 1 is 1.14 bits per heavy atom. The van der Waals surface area contributed by atoms with Crippen molar-refractivity contribution in [3.05, 3.63) is 52.8 Å². The van der Waals surface area contributed by atoms with E-state index in [1.165, 1.54) is 6.07 Å². The van der Waals surface area contributed by atoms with E-state index in [0.717, 1.165) is 11.1 Å². The summed E-state index contributed by atoms with van der Waals surface area (Å²) in [5.74, 6) is 0.999. The van der Waals surface area contributed by atoms with Gasteiger partial charge in [-0.3, -0.25) is 4.79 Å². The highest BCUT2D eigenvalue weighted by molar-refractivity contribution is 5.84. The van der Waals surface area contributed by atoms with Gasteiger partial charge in [0.2, 0.25) is 5.88 Å². The molecule has 1 unspecified atom stereocenters. The van der Waals surface area contributed by atoms with E-state index < -0.39 is 0 Å². The molecule has 0 radical (unpaired) electrons. The van der Waals surface area contributed by atoms with Crippen molar-refractivity contribution >= 4 is 10.9 Å². The molecule has 28 heavy (non-hydrogen) atoms. The van der Waals surface area contributed by atoms with Crippen LogP contribution in [0, 0.1) is 0 Å². The number of benzene rings is 1. The number of fused-ring (bicyclic) bond motifs is 1. The lowest BCUT2D eigenvalue weighted by Gasteiger charge is -2.22. The van der Waals surface area contributed by atoms with Crippen LogP contribution in [-0.4, -0.2) is 49.1 Å². The fourth-order valence-corrected chi connectivity index (χ4v) is 3.09. The van der Waals surface area contributed by atoms with E-state index in [1.54, 1.807) is 6.20 Å². The first kappa shape index (κ1) is 18.5. The summed E-state index contributed by atoms with van der Waals surface area (Å²) in [4.78, 5) is 19.9. The van der Waals surface area contributed by atoms with Gasteiger partial charge in [0.1, 0.15) is 12.7 Å². The molecule has 1 aromatic carbocycles. The van der Waals surface area contributed by atoms with Crippen molar-refractivity contribution in [1.82, 2.24) is 9.97 Å². The summed E-state index contributed by atoms with van der Waals surface area (Å²) in [5, 5.41) is 0.604. The number of hydrogen-bond acceptors (Lipinski definition) is 6. The SMILES string of the molecule is CCOc1ccc(-c2ccc3c(=O)cc(OCC4COCCO4)[nH]c3c2)cn1. The number of rotatable bonds is 6. The molecule has 4 rings (SSSR count). The molecule has 0 saturated carbocycles. The molecule has 0 aliphatic carbocycles. The molecular formula is C21H22N2O5. The normalized spacial score (nSPS) is 16.8. The zero-order valence-electron chi connectivity index (χ0n) is 15.6. The zero-order chi connectivity index (χ0) is 19.3. The maximum Gasteiger partial charge on any atom is 0.213 e. The molecule has 146 valence electrons. The van der Waals surface area contributed by atoms with Gasteiger partial charge in [0, 0.05) is 29.3 Å². The number of nitrogens with one attached hydrogen (secondary N) is 1. The van der Waals surface area contributed by atoms with E-state index in [4.69, 9.17) is 18.9 Å². The topological polar surface area (TPSA) is 82.7 Å². The molecule has 3 heterocycles. The van der Waals surface area contributed by atoms with Gasteiger partial charge in [0.15, 0.2) is 11.3 Å². The lowest BCUT2D eigenvalue weighted by Crippen LogP contribution is -2.33. The Morgan fingerprint density at radius 2 is 2.04 bits per heavy atom. The molecular weight excluding hydrogens is 360 g/mol. The number of hydrogen-bond donors (Lipinski definition) is 1. The Labute approximate surface area is 162 Å². The second-order valence-corrected chi connectivity index (χ2v) is 6.46. The molecule has 1 aliphatic heterocycles. The highest BCUT2D eigenvalue weighted by Crippen LogP contribution is 2.24. The molecule has 1 N–H and O–H groups in total. The number of aromatic amines is 1. The highest BCUT2D eigenvalue weighted by atomic mass is 16.6. The predicted octanol–water partition coefficient (Wildman–Crippen LogP) is 2.78. The van der Waals surface area contributed by atoms with Crippen molar-refractivity contribution < 1.29 is 18.9 Å². The van der Waals surface area contributed by atoms with Crippen molar-refractivity contribution in [3.8, 4) is 22.9 Å². The number of nitrogens with zero attached hydrogens (tertiary/aromatic N) is 1. The summed E-state index contributed by atoms with van der Waals surface area (Å²) in [6, 6.07) is 10.9. The number of ether oxygens (including phenoxy) is 4. The van der Waals surface area contributed by atoms with Crippen LogP contribution in [-0.2, 0) is 9.47 Å². The van der Waals surface area contributed by atoms with Crippen LogP contribution in [0.1, 0.15) is 6.92 Å². The molecule has 0 spiro atoms. The second-order valence-electron chi connectivity index (χ2n) is 6.46. The third-order valence-electron chi connectivity index (χ3n) is 4.48. The quantitative estimate of drug-likeness (QED) is 0.706. The van der Waals surface area contributed by atoms with Crippen LogP contribution in [0.25, 0.3) is 22.0 Å². The van der Waals surface area contributed by atoms with Gasteiger partial charge in [0.05, 0.1) is 31.9 Å². The van der Waals surface area contributed by atoms with Gasteiger partial charge in [-0.2, -0.15) is 0 Å². The largest absolute Gasteiger partial charge is 0.478 e. The van der Waals surface area contributed by atoms with Crippen LogP contribution in [0.3, 0.4) is 0 Å². The molecule has 0 bridgehead atoms. The fourth-order valence-electron chi connectivity index (χ4n) is 3.09. The van der Waals surface area contributed by atoms with E-state index in [1.807, 2.05) is 37.3 Å². The van der Waals surface area contributed by atoms with E-state index in [2.05, 4.69) is 9.97 Å². The Morgan fingerprint density at radius 3 is 2.79 bits per heavy atom. The smallest absolute Gasteiger partial charge is 0.213 e. The van der Waals surface area contributed by atoms with Gasteiger partial charge in [-0.25, -0.2) is 4.98 Å². The van der Waals surface area contributed by atoms with Gasteiger partial charge in [-0.1, -0.05) is 6.07 Å². The third-order valence-corrected chi connectivity index (χ3v) is 4.48. The first-order chi connectivity index (χ1) is 13.7. The van der Waals surface area contributed by atoms with Gasteiger partial charge in [-0.05, 0) is 30.7 Å². The third kappa shape index (κ3) is 4.16. The first-order valence-electron chi connectivity index (χ1n) is 9.31. The van der Waals surface area contributed by atoms with Crippen molar-refractivity contribution in [1.29, 1.82) is 0 Å². The van der Waals surface area contributed by atoms with E-state index >= 15 is 0 Å². The molecule has 7 nitrogen and oxygen atoms in total. The Kier molecular flexibility index (Phi) is 5.55. The molecule has 1 atom stereocenters. The van der Waals surface area contributed by atoms with Crippen LogP contribution in [0.15, 0.2) is 47.4 Å². The summed E-state index contributed by atoms with van der Waals surface area (Å²) >= 11 is 0. The van der Waals surface area contributed by atoms with Crippen LogP contribution in [0.4, 0.5) is 0 Å². The summed E-state index contributed by atoms with van der Waals surface area (Å²) in [6.07, 6.45) is 1.62. The van der Waals surface area contributed by atoms with Gasteiger partial charge < -0.3 is 23.9 Å². The molecule has 1 aliphatic rings. The minimum Gasteiger partial charge on any atom is -0.478 e. The van der Waals surface area contributed by atoms with E-state index in [-0.39, 0.29) is 11.5 Å². The molecule has 7 heteroatoms. The van der Waals surface area contributed by atoms with E-state index in [9.17, 15) is 4.79 Å². The van der Waals surface area contributed by atoms with Crippen molar-refractivity contribution in [3.63, 3.8) is 0 Å². The Hall–Kier alpha value is -2.90. The van der Waals surface area contributed by atoms with Gasteiger partial charge in [0.25, 0.3) is 0 Å². The van der Waals surface area contributed by atoms with Gasteiger partial charge in [-0.15, -0.1) is 0 Å². The molecule has 1 saturated heterocycles. The number of aromatic nitrogens is 2. The van der Waals surface area contributed by atoms with Crippen LogP contribution >= 0.6 is 0 Å². The number of pyridine rings is 2. The summed E-state index contributed by atoms with van der Waals surface area (Å²) in [6.45, 7) is 4.47. The summed E-state index contributed by atoms with van der Waals surface area (Å²) < 4.78 is 22.0. The first-order valence-corrected chi connectivity index (χ1v) is 9.31. The standard InChI is InChI=1S/C21H22N2O5/c1-2-26-20-6-4-15(11-22-20)14-3-5-17-18(9-14)23-21(10-19(17)24)28-13-16-12-25-7-8-27-16/h3-6,9-11,16H,2,7-8,12-13H2,1H3,(H,23,24). The fraction of sp³-hybridized carbons (Fsp3) is 0.333. The van der Waals surface area contributed by atoms with Crippen LogP contribution in [0.2, 0.25) is 0 Å². The predicted molar refractivity (Wildman–Crippen MR) is 105 cm³/mol. The summed E-state index contributed by atoms with van der Waals surface area (Å²) in [5.41, 5.74) is 2.49. The molecule has 1 fully saturated rings. The van der Waals surface area contributed by atoms with Crippen LogP contribution < -0.4 is 14.9 Å². The molecule has 2 aromatic heterocycles. The van der Waals surface area contributed by atoms with Crippen molar-refractivity contribution in [2.24, 2.45) is 0 Å². The second kappa shape index (κ2) is 8.41.